The van der Waals surface area contributed by atoms with Gasteiger partial charge in [-0.3, -0.25) is 4.79 Å². The standard InChI is InChI=1S/C27H45F2NO6S.Na/c1-16(5-8-23(33)30-11-4-12-37(34,35)36)18-6-7-19-24-20(9-10-25(18,19)2)26(3)15-27(28,29)22(32)14-17(26)13-21(24)31;/h16-22,24,31-32H,4-15H2,1-3H3,(H,30,33)(H,34,35,36);/q;+1/p-1/t16-,17-,18-,19?,20?,21+,22-,24?,25-,26+;/m1./s1. The van der Waals surface area contributed by atoms with E-state index in [2.05, 4.69) is 19.2 Å². The van der Waals surface area contributed by atoms with Crippen molar-refractivity contribution in [1.82, 2.24) is 5.32 Å². The number of fused-ring (bicyclic) bond motifs is 5. The van der Waals surface area contributed by atoms with Crippen LogP contribution in [0.4, 0.5) is 8.78 Å². The predicted molar refractivity (Wildman–Crippen MR) is 134 cm³/mol. The molecule has 4 rings (SSSR count). The maximum atomic E-state index is 14.7. The maximum Gasteiger partial charge on any atom is 1.00 e. The molecule has 0 aromatic rings. The van der Waals surface area contributed by atoms with Crippen molar-refractivity contribution in [3.8, 4) is 0 Å². The van der Waals surface area contributed by atoms with Gasteiger partial charge in [0.25, 0.3) is 5.92 Å². The summed E-state index contributed by atoms with van der Waals surface area (Å²) < 4.78 is 61.5. The van der Waals surface area contributed by atoms with E-state index in [1.54, 1.807) is 0 Å². The van der Waals surface area contributed by atoms with Crippen LogP contribution in [0.25, 0.3) is 0 Å². The van der Waals surface area contributed by atoms with Crippen molar-refractivity contribution in [3.63, 3.8) is 0 Å². The Hall–Kier alpha value is 0.160. The number of aliphatic hydroxyl groups excluding tert-OH is 2. The maximum absolute atomic E-state index is 14.7. The Morgan fingerprint density at radius 1 is 1.11 bits per heavy atom. The zero-order valence-electron chi connectivity index (χ0n) is 23.3. The molecule has 0 bridgehead atoms. The molecule has 38 heavy (non-hydrogen) atoms. The number of nitrogens with one attached hydrogen (secondary N) is 1. The summed E-state index contributed by atoms with van der Waals surface area (Å²) in [6.07, 6.45) is 2.87. The summed E-state index contributed by atoms with van der Waals surface area (Å²) in [5, 5.41) is 24.1. The first-order valence-corrected chi connectivity index (χ1v) is 15.6. The Kier molecular flexibility index (Phi) is 10.1. The molecule has 0 aromatic heterocycles. The van der Waals surface area contributed by atoms with Crippen molar-refractivity contribution in [2.75, 3.05) is 12.3 Å². The number of halogens is 2. The Morgan fingerprint density at radius 2 is 1.76 bits per heavy atom. The zero-order chi connectivity index (χ0) is 27.4. The van der Waals surface area contributed by atoms with Crippen LogP contribution in [0.15, 0.2) is 0 Å². The third-order valence-electron chi connectivity index (χ3n) is 11.2. The summed E-state index contributed by atoms with van der Waals surface area (Å²) in [5.41, 5.74) is -0.596. The minimum atomic E-state index is -4.28. The van der Waals surface area contributed by atoms with Gasteiger partial charge in [-0.1, -0.05) is 20.8 Å². The van der Waals surface area contributed by atoms with Crippen LogP contribution in [0.3, 0.4) is 0 Å². The molecule has 4 saturated carbocycles. The van der Waals surface area contributed by atoms with Gasteiger partial charge in [0.05, 0.1) is 16.2 Å². The molecule has 11 heteroatoms. The third kappa shape index (κ3) is 6.31. The van der Waals surface area contributed by atoms with Crippen LogP contribution in [-0.4, -0.2) is 59.5 Å². The number of aliphatic hydroxyl groups is 2. The van der Waals surface area contributed by atoms with Gasteiger partial charge in [0.1, 0.15) is 6.10 Å². The summed E-state index contributed by atoms with van der Waals surface area (Å²) in [6, 6.07) is 0. The Labute approximate surface area is 248 Å². The monoisotopic (exact) mass is 571 g/mol. The second-order valence-corrected chi connectivity index (χ2v) is 14.7. The largest absolute Gasteiger partial charge is 1.00 e. The van der Waals surface area contributed by atoms with Crippen molar-refractivity contribution in [2.45, 2.75) is 103 Å². The van der Waals surface area contributed by atoms with Gasteiger partial charge in [0.2, 0.25) is 5.91 Å². The first-order chi connectivity index (χ1) is 17.1. The van der Waals surface area contributed by atoms with Gasteiger partial charge in [-0.25, -0.2) is 17.2 Å². The molecule has 0 aromatic carbocycles. The van der Waals surface area contributed by atoms with Gasteiger partial charge in [-0.15, -0.1) is 0 Å². The second-order valence-electron chi connectivity index (χ2n) is 13.2. The Bertz CT molecular complexity index is 969. The first-order valence-electron chi connectivity index (χ1n) is 14.0. The normalized spacial score (nSPS) is 42.7. The van der Waals surface area contributed by atoms with Gasteiger partial charge < -0.3 is 20.1 Å². The fourth-order valence-corrected chi connectivity index (χ4v) is 9.83. The number of rotatable bonds is 8. The first kappa shape index (κ1) is 32.7. The molecule has 4 fully saturated rings. The van der Waals surface area contributed by atoms with Gasteiger partial charge >= 0.3 is 29.6 Å². The van der Waals surface area contributed by atoms with E-state index >= 15 is 0 Å². The average Bonchev–Trinajstić information content (AvgIpc) is 3.13. The van der Waals surface area contributed by atoms with E-state index in [4.69, 9.17) is 0 Å². The number of hydrogen-bond acceptors (Lipinski definition) is 6. The van der Waals surface area contributed by atoms with E-state index in [1.165, 1.54) is 0 Å². The molecule has 0 spiro atoms. The smallest absolute Gasteiger partial charge is 0.748 e. The van der Waals surface area contributed by atoms with E-state index in [1.807, 2.05) is 6.92 Å². The average molecular weight is 572 g/mol. The summed E-state index contributed by atoms with van der Waals surface area (Å²) >= 11 is 0. The number of amides is 1. The van der Waals surface area contributed by atoms with E-state index in [0.717, 1.165) is 25.7 Å². The Balaban J connectivity index is 0.00000400. The van der Waals surface area contributed by atoms with Crippen LogP contribution >= 0.6 is 0 Å². The number of hydrogen-bond donors (Lipinski definition) is 3. The van der Waals surface area contributed by atoms with E-state index in [0.29, 0.717) is 25.2 Å². The number of alkyl halides is 2. The van der Waals surface area contributed by atoms with Crippen molar-refractivity contribution in [3.05, 3.63) is 0 Å². The van der Waals surface area contributed by atoms with Crippen LogP contribution < -0.4 is 34.9 Å². The molecule has 0 heterocycles. The van der Waals surface area contributed by atoms with Crippen molar-refractivity contribution in [2.24, 2.45) is 46.3 Å². The third-order valence-corrected chi connectivity index (χ3v) is 12.0. The molecule has 0 radical (unpaired) electrons. The van der Waals surface area contributed by atoms with Crippen LogP contribution in [0, 0.1) is 46.3 Å². The fraction of sp³-hybridized carbons (Fsp3) is 0.963. The fourth-order valence-electron chi connectivity index (χ4n) is 9.33. The minimum Gasteiger partial charge on any atom is -0.748 e. The minimum absolute atomic E-state index is 0. The molecule has 10 atom stereocenters. The van der Waals surface area contributed by atoms with E-state index < -0.39 is 39.4 Å². The van der Waals surface area contributed by atoms with Crippen molar-refractivity contribution < 1.29 is 66.3 Å². The molecule has 0 saturated heterocycles. The molecular weight excluding hydrogens is 527 g/mol. The van der Waals surface area contributed by atoms with Gasteiger partial charge in [-0.2, -0.15) is 0 Å². The number of carbonyl (C=O) groups excluding carboxylic acids is 1. The summed E-state index contributed by atoms with van der Waals surface area (Å²) in [4.78, 5) is 12.3. The van der Waals surface area contributed by atoms with Crippen LogP contribution in [0.2, 0.25) is 0 Å². The van der Waals surface area contributed by atoms with Crippen LogP contribution in [-0.2, 0) is 14.9 Å². The molecule has 214 valence electrons. The van der Waals surface area contributed by atoms with Crippen LogP contribution in [0.1, 0.15) is 85.0 Å². The van der Waals surface area contributed by atoms with E-state index in [-0.39, 0.29) is 96.3 Å². The van der Waals surface area contributed by atoms with E-state index in [9.17, 15) is 36.8 Å². The molecule has 4 aliphatic carbocycles. The second kappa shape index (κ2) is 11.8. The quantitative estimate of drug-likeness (QED) is 0.224. The molecule has 1 amide bonds. The summed E-state index contributed by atoms with van der Waals surface area (Å²) in [7, 11) is -4.28. The topological polar surface area (TPSA) is 127 Å². The van der Waals surface area contributed by atoms with Gasteiger partial charge in [-0.05, 0) is 97.7 Å². The van der Waals surface area contributed by atoms with Crippen LogP contribution in [0.5, 0.6) is 0 Å². The molecular formula is C27H44F2NNaO6S. The zero-order valence-corrected chi connectivity index (χ0v) is 26.1. The van der Waals surface area contributed by atoms with Crippen molar-refractivity contribution >= 4 is 16.0 Å². The van der Waals surface area contributed by atoms with Crippen molar-refractivity contribution in [1.29, 1.82) is 0 Å². The molecule has 7 nitrogen and oxygen atoms in total. The molecule has 3 N–H and O–H groups in total. The molecule has 0 aliphatic heterocycles. The molecule has 4 aliphatic rings. The Morgan fingerprint density at radius 3 is 2.42 bits per heavy atom. The number of carbonyl (C=O) groups is 1. The SMILES string of the molecule is C[C@H](CCC(=O)NCCCS(=O)(=O)[O-])[C@H]1CCC2C3C(CC[C@@]21C)[C@@]1(C)CC(F)(F)[C@H](O)C[C@H]1C[C@@H]3O.[Na+]. The summed E-state index contributed by atoms with van der Waals surface area (Å²) in [6.45, 7) is 6.60. The molecule has 3 unspecified atom stereocenters. The van der Waals surface area contributed by atoms with Gasteiger partial charge in [0, 0.05) is 25.1 Å². The predicted octanol–water partition coefficient (Wildman–Crippen LogP) is 0.694. The summed E-state index contributed by atoms with van der Waals surface area (Å²) in [5.74, 6) is -2.89. The van der Waals surface area contributed by atoms with Gasteiger partial charge in [0.15, 0.2) is 0 Å².